The first kappa shape index (κ1) is 13.6. The van der Waals surface area contributed by atoms with E-state index in [9.17, 15) is 0 Å². The van der Waals surface area contributed by atoms with Crippen LogP contribution in [-0.2, 0) is 6.42 Å². The van der Waals surface area contributed by atoms with Crippen LogP contribution < -0.4 is 11.1 Å². The van der Waals surface area contributed by atoms with Gasteiger partial charge in [-0.15, -0.1) is 0 Å². The van der Waals surface area contributed by atoms with Crippen molar-refractivity contribution in [1.29, 1.82) is 0 Å². The summed E-state index contributed by atoms with van der Waals surface area (Å²) in [6, 6.07) is 4.71. The number of hydrogen-bond donors (Lipinski definition) is 2. The number of nitrogens with zero attached hydrogens (tertiary/aromatic N) is 1. The van der Waals surface area contributed by atoms with E-state index in [2.05, 4.69) is 23.4 Å². The van der Waals surface area contributed by atoms with E-state index in [1.165, 1.54) is 44.1 Å². The van der Waals surface area contributed by atoms with Gasteiger partial charge in [-0.1, -0.05) is 6.07 Å². The maximum absolute atomic E-state index is 6.08. The molecule has 1 aromatic heterocycles. The smallest absolute Gasteiger partial charge is 0.126 e. The minimum Gasteiger partial charge on any atom is -0.383 e. The standard InChI is InChI=1S/C18H27N3/c1-20-16(8-15-3-2-4-21-17(15)19)18-9-12-5-13(10-18)7-14(6-12)11-18/h2-4,12-14,16,20H,5-11H2,1H3,(H2,19,21). The minimum atomic E-state index is 0.520. The van der Waals surface area contributed by atoms with E-state index >= 15 is 0 Å². The van der Waals surface area contributed by atoms with Crippen LogP contribution in [0.25, 0.3) is 0 Å². The van der Waals surface area contributed by atoms with Crippen LogP contribution >= 0.6 is 0 Å². The van der Waals surface area contributed by atoms with Crippen LogP contribution in [0.4, 0.5) is 5.82 Å². The molecular weight excluding hydrogens is 258 g/mol. The lowest BCUT2D eigenvalue weighted by Crippen LogP contribution is -2.56. The molecule has 0 spiro atoms. The van der Waals surface area contributed by atoms with Crippen molar-refractivity contribution in [3.8, 4) is 0 Å². The Labute approximate surface area is 127 Å². The molecule has 21 heavy (non-hydrogen) atoms. The summed E-state index contributed by atoms with van der Waals surface area (Å²) in [7, 11) is 2.13. The molecular formula is C18H27N3. The van der Waals surface area contributed by atoms with Gasteiger partial charge in [0.25, 0.3) is 0 Å². The fourth-order valence-electron chi connectivity index (χ4n) is 6.07. The largest absolute Gasteiger partial charge is 0.383 e. The Bertz CT molecular complexity index is 490. The van der Waals surface area contributed by atoms with E-state index in [0.29, 0.717) is 17.3 Å². The molecule has 0 saturated heterocycles. The summed E-state index contributed by atoms with van der Waals surface area (Å²) in [4.78, 5) is 4.26. The van der Waals surface area contributed by atoms with Gasteiger partial charge in [-0.25, -0.2) is 4.98 Å². The van der Waals surface area contributed by atoms with E-state index < -0.39 is 0 Å². The zero-order valence-corrected chi connectivity index (χ0v) is 13.0. The molecule has 1 aromatic rings. The Hall–Kier alpha value is -1.09. The highest BCUT2D eigenvalue weighted by Gasteiger charge is 2.53. The third kappa shape index (κ3) is 2.26. The van der Waals surface area contributed by atoms with E-state index in [1.54, 1.807) is 6.20 Å². The number of anilines is 1. The second kappa shape index (κ2) is 4.98. The number of nitrogens with one attached hydrogen (secondary N) is 1. The second-order valence-corrected chi connectivity index (χ2v) is 7.87. The average molecular weight is 285 g/mol. The highest BCUT2D eigenvalue weighted by atomic mass is 14.9. The Morgan fingerprint density at radius 2 is 1.86 bits per heavy atom. The molecule has 4 bridgehead atoms. The molecule has 3 N–H and O–H groups in total. The van der Waals surface area contributed by atoms with Crippen LogP contribution in [0.2, 0.25) is 0 Å². The van der Waals surface area contributed by atoms with Crippen molar-refractivity contribution in [2.24, 2.45) is 23.2 Å². The van der Waals surface area contributed by atoms with Crippen LogP contribution in [0.15, 0.2) is 18.3 Å². The fraction of sp³-hybridized carbons (Fsp3) is 0.722. The Morgan fingerprint density at radius 3 is 2.38 bits per heavy atom. The average Bonchev–Trinajstić information content (AvgIpc) is 2.44. The Kier molecular flexibility index (Phi) is 3.21. The predicted octanol–water partition coefficient (Wildman–Crippen LogP) is 3.01. The van der Waals surface area contributed by atoms with Gasteiger partial charge in [0.05, 0.1) is 0 Å². The summed E-state index contributed by atoms with van der Waals surface area (Å²) in [5.41, 5.74) is 7.81. The number of likely N-dealkylation sites (N-methyl/N-ethyl adjacent to an activating group) is 1. The van der Waals surface area contributed by atoms with Gasteiger partial charge in [0.15, 0.2) is 0 Å². The third-order valence-electron chi connectivity index (χ3n) is 6.52. The monoisotopic (exact) mass is 285 g/mol. The molecule has 1 unspecified atom stereocenters. The molecule has 114 valence electrons. The minimum absolute atomic E-state index is 0.520. The molecule has 0 radical (unpaired) electrons. The number of nitrogen functional groups attached to an aromatic ring is 1. The lowest BCUT2D eigenvalue weighted by molar-refractivity contribution is -0.0724. The van der Waals surface area contributed by atoms with Gasteiger partial charge in [-0.2, -0.15) is 0 Å². The molecule has 0 aromatic carbocycles. The molecule has 0 aliphatic heterocycles. The molecule has 0 amide bonds. The topological polar surface area (TPSA) is 50.9 Å². The van der Waals surface area contributed by atoms with Crippen LogP contribution in [0.1, 0.15) is 44.1 Å². The first-order chi connectivity index (χ1) is 10.2. The van der Waals surface area contributed by atoms with Gasteiger partial charge in [0.2, 0.25) is 0 Å². The first-order valence-electron chi connectivity index (χ1n) is 8.55. The van der Waals surface area contributed by atoms with E-state index in [-0.39, 0.29) is 0 Å². The van der Waals surface area contributed by atoms with Gasteiger partial charge in [-0.05, 0) is 86.8 Å². The number of aromatic nitrogens is 1. The molecule has 5 rings (SSSR count). The highest BCUT2D eigenvalue weighted by molar-refractivity contribution is 5.39. The van der Waals surface area contributed by atoms with Crippen molar-refractivity contribution < 1.29 is 0 Å². The molecule has 4 fully saturated rings. The van der Waals surface area contributed by atoms with Gasteiger partial charge < -0.3 is 11.1 Å². The van der Waals surface area contributed by atoms with Gasteiger partial charge in [0, 0.05) is 12.2 Å². The number of rotatable bonds is 4. The Balaban J connectivity index is 1.60. The van der Waals surface area contributed by atoms with Crippen LogP contribution in [0.5, 0.6) is 0 Å². The van der Waals surface area contributed by atoms with E-state index in [0.717, 1.165) is 24.2 Å². The van der Waals surface area contributed by atoms with Crippen LogP contribution in [0, 0.1) is 23.2 Å². The maximum atomic E-state index is 6.08. The normalized spacial score (nSPS) is 38.6. The maximum Gasteiger partial charge on any atom is 0.126 e. The summed E-state index contributed by atoms with van der Waals surface area (Å²) in [5.74, 6) is 3.71. The van der Waals surface area contributed by atoms with E-state index in [4.69, 9.17) is 5.73 Å². The summed E-state index contributed by atoms with van der Waals surface area (Å²) in [6.45, 7) is 0. The van der Waals surface area contributed by atoms with Gasteiger partial charge in [-0.3, -0.25) is 0 Å². The van der Waals surface area contributed by atoms with Crippen LogP contribution in [-0.4, -0.2) is 18.1 Å². The highest BCUT2D eigenvalue weighted by Crippen LogP contribution is 2.61. The van der Waals surface area contributed by atoms with Crippen LogP contribution in [0.3, 0.4) is 0 Å². The summed E-state index contributed by atoms with van der Waals surface area (Å²) in [6.07, 6.45) is 11.6. The molecule has 4 saturated carbocycles. The summed E-state index contributed by atoms with van der Waals surface area (Å²) in [5, 5.41) is 3.65. The zero-order valence-electron chi connectivity index (χ0n) is 13.0. The first-order valence-corrected chi connectivity index (χ1v) is 8.55. The van der Waals surface area contributed by atoms with Gasteiger partial charge >= 0.3 is 0 Å². The zero-order chi connectivity index (χ0) is 14.4. The fourth-order valence-corrected chi connectivity index (χ4v) is 6.07. The van der Waals surface area contributed by atoms with Crippen molar-refractivity contribution in [3.05, 3.63) is 23.9 Å². The number of pyridine rings is 1. The SMILES string of the molecule is CNC(Cc1cccnc1N)C12CC3CC(CC(C3)C1)C2. The predicted molar refractivity (Wildman–Crippen MR) is 85.8 cm³/mol. The third-order valence-corrected chi connectivity index (χ3v) is 6.52. The van der Waals surface area contributed by atoms with Gasteiger partial charge in [0.1, 0.15) is 5.82 Å². The second-order valence-electron chi connectivity index (χ2n) is 7.87. The molecule has 3 nitrogen and oxygen atoms in total. The van der Waals surface area contributed by atoms with Crippen molar-refractivity contribution in [2.75, 3.05) is 12.8 Å². The van der Waals surface area contributed by atoms with E-state index in [1.807, 2.05) is 6.07 Å². The number of nitrogens with two attached hydrogens (primary N) is 1. The lowest BCUT2D eigenvalue weighted by atomic mass is 9.47. The molecule has 4 aliphatic carbocycles. The van der Waals surface area contributed by atoms with Crippen molar-refractivity contribution in [3.63, 3.8) is 0 Å². The summed E-state index contributed by atoms with van der Waals surface area (Å²) < 4.78 is 0. The number of hydrogen-bond acceptors (Lipinski definition) is 3. The molecule has 1 heterocycles. The Morgan fingerprint density at radius 1 is 1.24 bits per heavy atom. The quantitative estimate of drug-likeness (QED) is 0.894. The lowest BCUT2D eigenvalue weighted by Gasteiger charge is -2.59. The van der Waals surface area contributed by atoms with Crippen molar-refractivity contribution in [2.45, 2.75) is 51.0 Å². The molecule has 1 atom stereocenters. The van der Waals surface area contributed by atoms with Crippen molar-refractivity contribution in [1.82, 2.24) is 10.3 Å². The van der Waals surface area contributed by atoms with Crippen molar-refractivity contribution >= 4 is 5.82 Å². The summed E-state index contributed by atoms with van der Waals surface area (Å²) >= 11 is 0. The molecule has 3 heteroatoms. The molecule has 4 aliphatic rings.